The van der Waals surface area contributed by atoms with Crippen LogP contribution >= 0.6 is 0 Å². The van der Waals surface area contributed by atoms with Crippen LogP contribution in [0.1, 0.15) is 70.8 Å². The molecular formula is C32H37NO9. The van der Waals surface area contributed by atoms with Crippen LogP contribution in [0, 0.1) is 0 Å². The minimum atomic E-state index is -0.939. The maximum absolute atomic E-state index is 12.0. The number of rotatable bonds is 17. The van der Waals surface area contributed by atoms with E-state index in [1.54, 1.807) is 55.6 Å². The number of carbonyl (C=O) groups is 3. The van der Waals surface area contributed by atoms with Crippen molar-refractivity contribution < 1.29 is 43.2 Å². The number of aliphatic carboxylic acids is 1. The Bertz CT molecular complexity index is 1390. The number of ketones is 1. The highest BCUT2D eigenvalue weighted by atomic mass is 16.5. The molecule has 1 N–H and O–H groups in total. The molecule has 42 heavy (non-hydrogen) atoms. The first-order valence-corrected chi connectivity index (χ1v) is 13.8. The van der Waals surface area contributed by atoms with Gasteiger partial charge in [0, 0.05) is 24.0 Å². The van der Waals surface area contributed by atoms with Crippen molar-refractivity contribution in [2.45, 2.75) is 52.6 Å². The number of nitrogens with zero attached hydrogens (tertiary/aromatic N) is 1. The lowest BCUT2D eigenvalue weighted by molar-refractivity contribution is -0.136. The van der Waals surface area contributed by atoms with Crippen molar-refractivity contribution in [3.05, 3.63) is 76.6 Å². The van der Waals surface area contributed by atoms with Crippen LogP contribution in [0.15, 0.2) is 48.5 Å². The SMILES string of the molecule is CCCc1c(OCCCOc2cccc(OCc3cccc(C(=O)OC)n3)c2CCC(=O)O)ccc(C(C)=O)c1OC. The summed E-state index contributed by atoms with van der Waals surface area (Å²) in [7, 11) is 2.83. The highest BCUT2D eigenvalue weighted by Gasteiger charge is 2.18. The van der Waals surface area contributed by atoms with Gasteiger partial charge in [-0.2, -0.15) is 0 Å². The first-order valence-electron chi connectivity index (χ1n) is 13.8. The summed E-state index contributed by atoms with van der Waals surface area (Å²) in [6.07, 6.45) is 2.22. The number of Topliss-reactive ketones (excluding diaryl/α,β-unsaturated/α-hetero) is 1. The molecule has 1 heterocycles. The number of carboxylic acid groups (broad SMARTS) is 1. The van der Waals surface area contributed by atoms with E-state index in [9.17, 15) is 19.5 Å². The van der Waals surface area contributed by atoms with E-state index >= 15 is 0 Å². The van der Waals surface area contributed by atoms with Gasteiger partial charge in [-0.3, -0.25) is 9.59 Å². The number of ether oxygens (including phenoxy) is 5. The van der Waals surface area contributed by atoms with Gasteiger partial charge in [0.1, 0.15) is 35.3 Å². The minimum Gasteiger partial charge on any atom is -0.496 e. The minimum absolute atomic E-state index is 0.0637. The third-order valence-corrected chi connectivity index (χ3v) is 6.36. The zero-order chi connectivity index (χ0) is 30.5. The standard InChI is InChI=1S/C32H37NO9/c1-5-9-25-29(16-14-23(21(2)34)31(25)38-3)41-19-8-18-40-27-12-7-13-28(24(27)15-17-30(35)36)42-20-22-10-6-11-26(33-22)32(37)39-4/h6-7,10-14,16H,5,8-9,15,17-20H2,1-4H3,(H,35,36). The molecule has 2 aromatic carbocycles. The molecule has 224 valence electrons. The molecule has 0 aliphatic rings. The van der Waals surface area contributed by atoms with Crippen LogP contribution in [-0.2, 0) is 29.0 Å². The van der Waals surface area contributed by atoms with Gasteiger partial charge >= 0.3 is 11.9 Å². The van der Waals surface area contributed by atoms with Crippen molar-refractivity contribution in [1.82, 2.24) is 4.98 Å². The second-order valence-electron chi connectivity index (χ2n) is 9.40. The quantitative estimate of drug-likeness (QED) is 0.125. The molecule has 0 atom stereocenters. The summed E-state index contributed by atoms with van der Waals surface area (Å²) in [5.74, 6) is 0.644. The molecule has 1 aromatic heterocycles. The molecule has 0 unspecified atom stereocenters. The number of hydrogen-bond acceptors (Lipinski definition) is 9. The van der Waals surface area contributed by atoms with Crippen LogP contribution in [0.2, 0.25) is 0 Å². The first kappa shape index (κ1) is 31.9. The number of carboxylic acids is 1. The van der Waals surface area contributed by atoms with Crippen LogP contribution in [0.25, 0.3) is 0 Å². The first-order chi connectivity index (χ1) is 20.3. The Labute approximate surface area is 245 Å². The summed E-state index contributed by atoms with van der Waals surface area (Å²) >= 11 is 0. The summed E-state index contributed by atoms with van der Waals surface area (Å²) in [6.45, 7) is 4.30. The Hall–Kier alpha value is -4.60. The molecule has 0 aliphatic carbocycles. The maximum atomic E-state index is 12.0. The van der Waals surface area contributed by atoms with Crippen molar-refractivity contribution in [3.63, 3.8) is 0 Å². The molecule has 0 amide bonds. The molecule has 0 radical (unpaired) electrons. The number of esters is 1. The zero-order valence-corrected chi connectivity index (χ0v) is 24.4. The molecule has 10 nitrogen and oxygen atoms in total. The van der Waals surface area contributed by atoms with Crippen molar-refractivity contribution in [3.8, 4) is 23.0 Å². The van der Waals surface area contributed by atoms with E-state index in [4.69, 9.17) is 23.7 Å². The van der Waals surface area contributed by atoms with Gasteiger partial charge in [-0.1, -0.05) is 25.5 Å². The second kappa shape index (κ2) is 16.0. The Balaban J connectivity index is 1.67. The van der Waals surface area contributed by atoms with Gasteiger partial charge in [-0.25, -0.2) is 9.78 Å². The van der Waals surface area contributed by atoms with Gasteiger partial charge in [-0.15, -0.1) is 0 Å². The lowest BCUT2D eigenvalue weighted by Crippen LogP contribution is -2.10. The van der Waals surface area contributed by atoms with E-state index < -0.39 is 11.9 Å². The summed E-state index contributed by atoms with van der Waals surface area (Å²) < 4.78 is 28.3. The van der Waals surface area contributed by atoms with E-state index in [2.05, 4.69) is 4.98 Å². The van der Waals surface area contributed by atoms with Crippen LogP contribution in [0.3, 0.4) is 0 Å². The molecule has 0 bridgehead atoms. The lowest BCUT2D eigenvalue weighted by atomic mass is 10.0. The lowest BCUT2D eigenvalue weighted by Gasteiger charge is -2.18. The predicted octanol–water partition coefficient (Wildman–Crippen LogP) is 5.48. The fourth-order valence-electron chi connectivity index (χ4n) is 4.39. The van der Waals surface area contributed by atoms with Crippen LogP contribution < -0.4 is 18.9 Å². The van der Waals surface area contributed by atoms with E-state index in [1.165, 1.54) is 14.0 Å². The van der Waals surface area contributed by atoms with Crippen molar-refractivity contribution in [2.75, 3.05) is 27.4 Å². The summed E-state index contributed by atoms with van der Waals surface area (Å²) in [4.78, 5) is 39.4. The predicted molar refractivity (Wildman–Crippen MR) is 155 cm³/mol. The van der Waals surface area contributed by atoms with Gasteiger partial charge in [0.15, 0.2) is 5.78 Å². The van der Waals surface area contributed by atoms with Crippen LogP contribution in [-0.4, -0.2) is 55.2 Å². The number of carbonyl (C=O) groups excluding carboxylic acids is 2. The van der Waals surface area contributed by atoms with Crippen LogP contribution in [0.4, 0.5) is 0 Å². The molecule has 0 spiro atoms. The van der Waals surface area contributed by atoms with Gasteiger partial charge in [-0.05, 0) is 56.2 Å². The highest BCUT2D eigenvalue weighted by Crippen LogP contribution is 2.34. The van der Waals surface area contributed by atoms with Gasteiger partial charge in [0.25, 0.3) is 0 Å². The van der Waals surface area contributed by atoms with E-state index in [1.807, 2.05) is 6.92 Å². The fourth-order valence-corrected chi connectivity index (χ4v) is 4.39. The second-order valence-corrected chi connectivity index (χ2v) is 9.40. The average Bonchev–Trinajstić information content (AvgIpc) is 2.99. The third-order valence-electron chi connectivity index (χ3n) is 6.36. The Morgan fingerprint density at radius 2 is 1.50 bits per heavy atom. The zero-order valence-electron chi connectivity index (χ0n) is 24.4. The summed E-state index contributed by atoms with van der Waals surface area (Å²) in [5, 5.41) is 9.29. The van der Waals surface area contributed by atoms with Crippen LogP contribution in [0.5, 0.6) is 23.0 Å². The molecule has 0 aliphatic heterocycles. The number of pyridine rings is 1. The monoisotopic (exact) mass is 579 g/mol. The van der Waals surface area contributed by atoms with E-state index in [0.717, 1.165) is 12.0 Å². The largest absolute Gasteiger partial charge is 0.496 e. The van der Waals surface area contributed by atoms with E-state index in [0.29, 0.717) is 65.9 Å². The number of methoxy groups -OCH3 is 2. The summed E-state index contributed by atoms with van der Waals surface area (Å²) in [5.41, 5.74) is 2.69. The Morgan fingerprint density at radius 1 is 0.833 bits per heavy atom. The number of aromatic nitrogens is 1. The van der Waals surface area contributed by atoms with Crippen molar-refractivity contribution in [1.29, 1.82) is 0 Å². The fraction of sp³-hybridized carbons (Fsp3) is 0.375. The molecular weight excluding hydrogens is 542 g/mol. The molecule has 0 fully saturated rings. The van der Waals surface area contributed by atoms with Crippen molar-refractivity contribution >= 4 is 17.7 Å². The van der Waals surface area contributed by atoms with Gasteiger partial charge in [0.05, 0.1) is 38.7 Å². The number of benzene rings is 2. The molecule has 0 saturated heterocycles. The topological polar surface area (TPSA) is 130 Å². The normalized spacial score (nSPS) is 10.6. The molecule has 10 heteroatoms. The molecule has 3 aromatic rings. The number of hydrogen-bond donors (Lipinski definition) is 1. The Kier molecular flexibility index (Phi) is 12.2. The molecule has 3 rings (SSSR count). The van der Waals surface area contributed by atoms with Gasteiger partial charge < -0.3 is 28.8 Å². The van der Waals surface area contributed by atoms with Gasteiger partial charge in [0.2, 0.25) is 0 Å². The average molecular weight is 580 g/mol. The van der Waals surface area contributed by atoms with E-state index in [-0.39, 0.29) is 30.9 Å². The third kappa shape index (κ3) is 8.70. The molecule has 0 saturated carbocycles. The van der Waals surface area contributed by atoms with Crippen molar-refractivity contribution in [2.24, 2.45) is 0 Å². The Morgan fingerprint density at radius 3 is 2.12 bits per heavy atom. The highest BCUT2D eigenvalue weighted by molar-refractivity contribution is 5.97. The smallest absolute Gasteiger partial charge is 0.356 e. The summed E-state index contributed by atoms with van der Waals surface area (Å²) in [6, 6.07) is 13.7. The maximum Gasteiger partial charge on any atom is 0.356 e.